The zero-order valence-electron chi connectivity index (χ0n) is 23.0. The van der Waals surface area contributed by atoms with E-state index < -0.39 is 129 Å². The van der Waals surface area contributed by atoms with Crippen molar-refractivity contribution in [1.29, 1.82) is 21.0 Å². The first kappa shape index (κ1) is 32.8. The number of rotatable bonds is 3. The topological polar surface area (TPSA) is 133 Å². The smallest absolute Gasteiger partial charge is 0.241 e. The van der Waals surface area contributed by atoms with Gasteiger partial charge in [0.05, 0.1) is 44.5 Å². The van der Waals surface area contributed by atoms with Crippen molar-refractivity contribution in [3.05, 3.63) is 75.1 Å². The molecule has 0 bridgehead atoms. The van der Waals surface area contributed by atoms with Crippen LogP contribution in [0.5, 0.6) is 0 Å². The normalized spacial score (nSPS) is 11.4. The second-order valence-electron chi connectivity index (χ2n) is 9.56. The standard InChI is InChI=1S/C30H9F8N7P2/c1-7-23(45-30(38)8(2)31)13-11(5-41)9(3-39)10(4-40)12(6-42)14(13)25-24(7)43-26-18(33)16(28(46)22(37)27(26)44-25)15-17(32)20(35)21(36)29(47)19(15)34/h2,46-47H2,1H3/b45-30+. The molecule has 0 spiro atoms. The maximum absolute atomic E-state index is 16.2. The van der Waals surface area contributed by atoms with E-state index in [1.807, 2.05) is 0 Å². The van der Waals surface area contributed by atoms with Crippen LogP contribution in [-0.4, -0.2) is 15.9 Å². The summed E-state index contributed by atoms with van der Waals surface area (Å²) in [7, 11) is 3.15. The summed E-state index contributed by atoms with van der Waals surface area (Å²) in [5.41, 5.74) is -9.27. The van der Waals surface area contributed by atoms with Gasteiger partial charge in [-0.3, -0.25) is 0 Å². The van der Waals surface area contributed by atoms with E-state index in [1.54, 1.807) is 33.5 Å². The van der Waals surface area contributed by atoms with Gasteiger partial charge in [-0.05, 0) is 6.92 Å². The minimum atomic E-state index is -2.19. The quantitative estimate of drug-likeness (QED) is 0.0395. The summed E-state index contributed by atoms with van der Waals surface area (Å²) in [6, 6.07) is 6.55. The van der Waals surface area contributed by atoms with Gasteiger partial charge < -0.3 is 0 Å². The number of allylic oxidation sites excluding steroid dienone is 1. The summed E-state index contributed by atoms with van der Waals surface area (Å²) in [6.07, 6.45) is 0. The molecule has 1 heterocycles. The number of aliphatic imine (C=N–C) groups is 1. The van der Waals surface area contributed by atoms with Crippen molar-refractivity contribution in [2.24, 2.45) is 4.99 Å². The molecule has 17 heteroatoms. The Morgan fingerprint density at radius 2 is 1.13 bits per heavy atom. The lowest BCUT2D eigenvalue weighted by atomic mass is 9.87. The molecular weight excluding hydrogens is 672 g/mol. The van der Waals surface area contributed by atoms with Crippen LogP contribution in [-0.2, 0) is 0 Å². The van der Waals surface area contributed by atoms with Crippen LogP contribution in [0.15, 0.2) is 17.4 Å². The summed E-state index contributed by atoms with van der Waals surface area (Å²) < 4.78 is 119. The molecule has 7 nitrogen and oxygen atoms in total. The van der Waals surface area contributed by atoms with Crippen LogP contribution in [0.25, 0.3) is 44.0 Å². The first-order valence-corrected chi connectivity index (χ1v) is 13.6. The van der Waals surface area contributed by atoms with Crippen molar-refractivity contribution in [3.8, 4) is 35.4 Å². The van der Waals surface area contributed by atoms with E-state index in [1.165, 1.54) is 9.24 Å². The van der Waals surface area contributed by atoms with Gasteiger partial charge in [0.15, 0.2) is 34.9 Å². The first-order chi connectivity index (χ1) is 22.2. The van der Waals surface area contributed by atoms with Crippen LogP contribution in [0.1, 0.15) is 27.8 Å². The lowest BCUT2D eigenvalue weighted by molar-refractivity contribution is 0.443. The van der Waals surface area contributed by atoms with Crippen molar-refractivity contribution in [2.45, 2.75) is 6.92 Å². The molecule has 2 atom stereocenters. The Bertz CT molecular complexity index is 2530. The van der Waals surface area contributed by atoms with Crippen LogP contribution >= 0.6 is 18.5 Å². The minimum Gasteiger partial charge on any atom is -0.241 e. The largest absolute Gasteiger partial charge is 0.248 e. The van der Waals surface area contributed by atoms with Gasteiger partial charge in [-0.2, -0.15) is 25.4 Å². The van der Waals surface area contributed by atoms with Gasteiger partial charge in [0.2, 0.25) is 5.97 Å². The third kappa shape index (κ3) is 4.55. The number of fused-ring (bicyclic) bond motifs is 4. The highest BCUT2D eigenvalue weighted by molar-refractivity contribution is 7.28. The van der Waals surface area contributed by atoms with Gasteiger partial charge in [-0.1, -0.05) is 15.8 Å². The monoisotopic (exact) mass is 681 g/mol. The number of aromatic nitrogens is 2. The fourth-order valence-electron chi connectivity index (χ4n) is 5.04. The Labute approximate surface area is 262 Å². The van der Waals surface area contributed by atoms with E-state index >= 15 is 13.2 Å². The SMILES string of the molecule is C=C(F)/C(F)=N\c1c(C)c2nc3c(F)c(-c4c(F)c(F)c(F)c(P)c4F)c(P)c(F)c3nc2c2c(C#N)c(C#N)c(C#N)c(C#N)c12. The lowest BCUT2D eigenvalue weighted by Gasteiger charge is -2.18. The van der Waals surface area contributed by atoms with E-state index in [0.29, 0.717) is 0 Å². The maximum atomic E-state index is 16.2. The average Bonchev–Trinajstić information content (AvgIpc) is 3.06. The molecular formula is C30H9F8N7P2. The molecule has 0 aliphatic rings. The molecule has 0 aliphatic carbocycles. The van der Waals surface area contributed by atoms with E-state index in [0.717, 1.165) is 6.92 Å². The molecule has 1 aromatic heterocycles. The van der Waals surface area contributed by atoms with E-state index in [-0.39, 0.29) is 5.56 Å². The average molecular weight is 681 g/mol. The fourth-order valence-corrected chi connectivity index (χ4v) is 5.71. The second-order valence-corrected chi connectivity index (χ2v) is 10.7. The van der Waals surface area contributed by atoms with E-state index in [2.05, 4.69) is 21.5 Å². The van der Waals surface area contributed by atoms with Crippen LogP contribution in [0.4, 0.5) is 40.8 Å². The molecule has 230 valence electrons. The van der Waals surface area contributed by atoms with Gasteiger partial charge in [0.25, 0.3) is 0 Å². The Hall–Kier alpha value is -5.59. The number of benzene rings is 4. The van der Waals surface area contributed by atoms with Gasteiger partial charge in [-0.15, -0.1) is 9.24 Å². The second kappa shape index (κ2) is 11.6. The zero-order chi connectivity index (χ0) is 34.8. The van der Waals surface area contributed by atoms with Gasteiger partial charge in [0.1, 0.15) is 41.1 Å². The van der Waals surface area contributed by atoms with Gasteiger partial charge >= 0.3 is 0 Å². The van der Waals surface area contributed by atoms with E-state index in [9.17, 15) is 43.0 Å². The number of nitrogens with zero attached hydrogens (tertiary/aromatic N) is 7. The number of hydrogen-bond donors (Lipinski definition) is 0. The predicted molar refractivity (Wildman–Crippen MR) is 160 cm³/mol. The maximum Gasteiger partial charge on any atom is 0.248 e. The summed E-state index contributed by atoms with van der Waals surface area (Å²) >= 11 is 0. The molecule has 0 radical (unpaired) electrons. The van der Waals surface area contributed by atoms with Crippen LogP contribution in [0.3, 0.4) is 0 Å². The minimum absolute atomic E-state index is 0.318. The lowest BCUT2D eigenvalue weighted by Crippen LogP contribution is -2.18. The summed E-state index contributed by atoms with van der Waals surface area (Å²) in [6.45, 7) is 3.92. The molecule has 2 unspecified atom stereocenters. The molecule has 0 saturated heterocycles. The Kier molecular flexibility index (Phi) is 8.13. The van der Waals surface area contributed by atoms with Crippen molar-refractivity contribution >= 4 is 73.6 Å². The first-order valence-electron chi connectivity index (χ1n) is 12.4. The van der Waals surface area contributed by atoms with E-state index in [4.69, 9.17) is 0 Å². The molecule has 5 rings (SSSR count). The Balaban J connectivity index is 2.14. The number of aryl methyl sites for hydroxylation is 1. The predicted octanol–water partition coefficient (Wildman–Crippen LogP) is 6.72. The summed E-state index contributed by atoms with van der Waals surface area (Å²) in [5, 5.41) is 36.6. The molecule has 0 N–H and O–H groups in total. The number of nitriles is 4. The highest BCUT2D eigenvalue weighted by Gasteiger charge is 2.32. The molecule has 0 amide bonds. The number of hydrogen-bond acceptors (Lipinski definition) is 7. The van der Waals surface area contributed by atoms with Gasteiger partial charge in [-0.25, -0.2) is 45.7 Å². The number of halogens is 8. The van der Waals surface area contributed by atoms with Crippen molar-refractivity contribution in [2.75, 3.05) is 0 Å². The summed E-state index contributed by atoms with van der Waals surface area (Å²) in [5.74, 6) is -14.8. The van der Waals surface area contributed by atoms with Crippen molar-refractivity contribution in [3.63, 3.8) is 0 Å². The van der Waals surface area contributed by atoms with Crippen LogP contribution < -0.4 is 10.6 Å². The molecule has 0 saturated carbocycles. The van der Waals surface area contributed by atoms with Crippen molar-refractivity contribution < 1.29 is 35.1 Å². The highest BCUT2D eigenvalue weighted by Crippen LogP contribution is 2.44. The highest BCUT2D eigenvalue weighted by atomic mass is 31.0. The Morgan fingerprint density at radius 3 is 1.66 bits per heavy atom. The van der Waals surface area contributed by atoms with Crippen molar-refractivity contribution in [1.82, 2.24) is 9.97 Å². The molecule has 0 aliphatic heterocycles. The fraction of sp³-hybridized carbons (Fsp3) is 0.0333. The third-order valence-corrected chi connectivity index (χ3v) is 8.20. The molecule has 4 aromatic carbocycles. The third-order valence-electron chi connectivity index (χ3n) is 7.15. The Morgan fingerprint density at radius 1 is 0.617 bits per heavy atom. The zero-order valence-corrected chi connectivity index (χ0v) is 25.3. The van der Waals surface area contributed by atoms with Crippen LogP contribution in [0, 0.1) is 87.2 Å². The molecule has 5 aromatic rings. The molecule has 0 fully saturated rings. The summed E-state index contributed by atoms with van der Waals surface area (Å²) in [4.78, 5) is 11.6. The molecule has 47 heavy (non-hydrogen) atoms. The van der Waals surface area contributed by atoms with Crippen LogP contribution in [0.2, 0.25) is 0 Å². The van der Waals surface area contributed by atoms with Gasteiger partial charge in [0, 0.05) is 32.5 Å².